The van der Waals surface area contributed by atoms with Crippen LogP contribution in [0.25, 0.3) is 0 Å². The molecule has 1 heteroatoms. The summed E-state index contributed by atoms with van der Waals surface area (Å²) in [5, 5.41) is 10.6. The van der Waals surface area contributed by atoms with Crippen LogP contribution in [0, 0.1) is 11.8 Å². The minimum absolute atomic E-state index is 0.277. The average Bonchev–Trinajstić information content (AvgIpc) is 2.50. The Hall–Kier alpha value is -0.0400. The molecular formula is C12H22O. The van der Waals surface area contributed by atoms with E-state index in [1.807, 2.05) is 0 Å². The van der Waals surface area contributed by atoms with Gasteiger partial charge in [0, 0.05) is 0 Å². The summed E-state index contributed by atoms with van der Waals surface area (Å²) in [7, 11) is 0. The highest BCUT2D eigenvalue weighted by Crippen LogP contribution is 2.45. The first-order valence-electron chi connectivity index (χ1n) is 5.96. The van der Waals surface area contributed by atoms with Crippen molar-refractivity contribution in [2.75, 3.05) is 0 Å². The molecule has 1 nitrogen and oxygen atoms in total. The molecular weight excluding hydrogens is 160 g/mol. The Morgan fingerprint density at radius 1 is 1.00 bits per heavy atom. The summed E-state index contributed by atoms with van der Waals surface area (Å²) in [6.45, 7) is 2.24. The molecule has 0 heterocycles. The van der Waals surface area contributed by atoms with E-state index in [9.17, 15) is 5.11 Å². The Morgan fingerprint density at radius 2 is 1.69 bits per heavy atom. The van der Waals surface area contributed by atoms with Gasteiger partial charge in [-0.2, -0.15) is 0 Å². The van der Waals surface area contributed by atoms with Crippen molar-refractivity contribution in [3.63, 3.8) is 0 Å². The van der Waals surface area contributed by atoms with Crippen molar-refractivity contribution in [1.82, 2.24) is 0 Å². The molecule has 2 unspecified atom stereocenters. The van der Waals surface area contributed by atoms with Gasteiger partial charge in [-0.1, -0.05) is 32.6 Å². The van der Waals surface area contributed by atoms with Gasteiger partial charge in [0.05, 0.1) is 5.60 Å². The molecule has 0 aromatic carbocycles. The first kappa shape index (κ1) is 9.51. The minimum Gasteiger partial charge on any atom is -0.389 e. The first-order chi connectivity index (χ1) is 6.23. The smallest absolute Gasteiger partial charge is 0.0701 e. The van der Waals surface area contributed by atoms with Gasteiger partial charge in [-0.15, -0.1) is 0 Å². The maximum absolute atomic E-state index is 10.6. The molecule has 0 aromatic heterocycles. The fourth-order valence-corrected chi connectivity index (χ4v) is 3.40. The average molecular weight is 182 g/mol. The third-order valence-electron chi connectivity index (χ3n) is 4.38. The quantitative estimate of drug-likeness (QED) is 0.660. The molecule has 76 valence electrons. The fraction of sp³-hybridized carbons (Fsp3) is 1.00. The zero-order valence-corrected chi connectivity index (χ0v) is 8.76. The molecule has 0 aliphatic heterocycles. The lowest BCUT2D eigenvalue weighted by atomic mass is 9.72. The molecule has 2 saturated carbocycles. The van der Waals surface area contributed by atoms with Crippen LogP contribution in [0.3, 0.4) is 0 Å². The number of rotatable bonds is 1. The van der Waals surface area contributed by atoms with Crippen LogP contribution in [0.5, 0.6) is 0 Å². The second-order valence-corrected chi connectivity index (χ2v) is 5.12. The number of hydrogen-bond donors (Lipinski definition) is 1. The topological polar surface area (TPSA) is 20.2 Å². The van der Waals surface area contributed by atoms with Crippen molar-refractivity contribution in [1.29, 1.82) is 0 Å². The molecule has 2 atom stereocenters. The molecule has 2 aliphatic rings. The normalized spacial score (nSPS) is 42.5. The molecule has 1 N–H and O–H groups in total. The van der Waals surface area contributed by atoms with Crippen LogP contribution in [0.4, 0.5) is 0 Å². The van der Waals surface area contributed by atoms with Crippen molar-refractivity contribution in [3.05, 3.63) is 0 Å². The highest BCUT2D eigenvalue weighted by atomic mass is 16.3. The van der Waals surface area contributed by atoms with Crippen LogP contribution in [0.15, 0.2) is 0 Å². The van der Waals surface area contributed by atoms with E-state index in [0.717, 1.165) is 6.42 Å². The molecule has 0 amide bonds. The van der Waals surface area contributed by atoms with E-state index in [0.29, 0.717) is 11.8 Å². The predicted molar refractivity (Wildman–Crippen MR) is 54.5 cm³/mol. The maximum Gasteiger partial charge on any atom is 0.0701 e. The summed E-state index contributed by atoms with van der Waals surface area (Å²) in [6.07, 6.45) is 10.2. The molecule has 0 saturated heterocycles. The highest BCUT2D eigenvalue weighted by Gasteiger charge is 2.44. The van der Waals surface area contributed by atoms with Gasteiger partial charge < -0.3 is 5.11 Å². The van der Waals surface area contributed by atoms with Crippen molar-refractivity contribution < 1.29 is 5.11 Å². The number of hydrogen-bond acceptors (Lipinski definition) is 1. The lowest BCUT2D eigenvalue weighted by molar-refractivity contribution is -0.0586. The summed E-state index contributed by atoms with van der Waals surface area (Å²) in [5.41, 5.74) is -0.277. The standard InChI is InChI=1S/C12H22O/c1-10-6-5-9-12(10,13)11-7-3-2-4-8-11/h10-11,13H,2-9H2,1H3. The van der Waals surface area contributed by atoms with Crippen molar-refractivity contribution in [3.8, 4) is 0 Å². The SMILES string of the molecule is CC1CCCC1(O)C1CCCCC1. The molecule has 2 fully saturated rings. The van der Waals surface area contributed by atoms with E-state index in [1.165, 1.54) is 44.9 Å². The Morgan fingerprint density at radius 3 is 2.23 bits per heavy atom. The summed E-state index contributed by atoms with van der Waals surface area (Å²) < 4.78 is 0. The van der Waals surface area contributed by atoms with Crippen LogP contribution < -0.4 is 0 Å². The van der Waals surface area contributed by atoms with Crippen molar-refractivity contribution in [2.45, 2.75) is 63.9 Å². The van der Waals surface area contributed by atoms with Crippen LogP contribution in [-0.2, 0) is 0 Å². The van der Waals surface area contributed by atoms with Gasteiger partial charge in [0.2, 0.25) is 0 Å². The molecule has 0 aromatic rings. The van der Waals surface area contributed by atoms with Gasteiger partial charge in [-0.05, 0) is 37.5 Å². The molecule has 13 heavy (non-hydrogen) atoms. The van der Waals surface area contributed by atoms with Crippen LogP contribution in [0.1, 0.15) is 58.3 Å². The summed E-state index contributed by atoms with van der Waals surface area (Å²) in [4.78, 5) is 0. The number of aliphatic hydroxyl groups is 1. The third-order valence-corrected chi connectivity index (χ3v) is 4.38. The van der Waals surface area contributed by atoms with Gasteiger partial charge in [0.25, 0.3) is 0 Å². The van der Waals surface area contributed by atoms with E-state index in [1.54, 1.807) is 0 Å². The Balaban J connectivity index is 2.03. The molecule has 2 rings (SSSR count). The Kier molecular flexibility index (Phi) is 2.64. The Labute approximate surface area is 81.5 Å². The van der Waals surface area contributed by atoms with E-state index >= 15 is 0 Å². The maximum atomic E-state index is 10.6. The predicted octanol–water partition coefficient (Wildman–Crippen LogP) is 3.12. The zero-order valence-electron chi connectivity index (χ0n) is 8.76. The van der Waals surface area contributed by atoms with E-state index in [2.05, 4.69) is 6.92 Å². The van der Waals surface area contributed by atoms with Gasteiger partial charge in [-0.3, -0.25) is 0 Å². The summed E-state index contributed by atoms with van der Waals surface area (Å²) in [6, 6.07) is 0. The summed E-state index contributed by atoms with van der Waals surface area (Å²) >= 11 is 0. The second-order valence-electron chi connectivity index (χ2n) is 5.12. The molecule has 0 radical (unpaired) electrons. The van der Waals surface area contributed by atoms with Crippen LogP contribution >= 0.6 is 0 Å². The van der Waals surface area contributed by atoms with Crippen molar-refractivity contribution in [2.24, 2.45) is 11.8 Å². The Bertz CT molecular complexity index is 172. The molecule has 0 bridgehead atoms. The molecule has 2 aliphatic carbocycles. The van der Waals surface area contributed by atoms with Crippen molar-refractivity contribution >= 4 is 0 Å². The largest absolute Gasteiger partial charge is 0.389 e. The summed E-state index contributed by atoms with van der Waals surface area (Å²) in [5.74, 6) is 1.18. The second kappa shape index (κ2) is 3.61. The van der Waals surface area contributed by atoms with Gasteiger partial charge >= 0.3 is 0 Å². The van der Waals surface area contributed by atoms with E-state index in [4.69, 9.17) is 0 Å². The minimum atomic E-state index is -0.277. The lowest BCUT2D eigenvalue weighted by Gasteiger charge is -2.38. The molecule has 0 spiro atoms. The first-order valence-corrected chi connectivity index (χ1v) is 5.96. The van der Waals surface area contributed by atoms with Crippen LogP contribution in [-0.4, -0.2) is 10.7 Å². The van der Waals surface area contributed by atoms with E-state index < -0.39 is 0 Å². The monoisotopic (exact) mass is 182 g/mol. The fourth-order valence-electron chi connectivity index (χ4n) is 3.40. The van der Waals surface area contributed by atoms with Crippen LogP contribution in [0.2, 0.25) is 0 Å². The van der Waals surface area contributed by atoms with E-state index in [-0.39, 0.29) is 5.60 Å². The lowest BCUT2D eigenvalue weighted by Crippen LogP contribution is -2.41. The highest BCUT2D eigenvalue weighted by molar-refractivity contribution is 4.96. The zero-order chi connectivity index (χ0) is 9.31. The third kappa shape index (κ3) is 1.63. The van der Waals surface area contributed by atoms with Gasteiger partial charge in [0.15, 0.2) is 0 Å². The van der Waals surface area contributed by atoms with Gasteiger partial charge in [-0.25, -0.2) is 0 Å². The van der Waals surface area contributed by atoms with Gasteiger partial charge in [0.1, 0.15) is 0 Å².